The molecule has 2 heterocycles. The van der Waals surface area contributed by atoms with Crippen molar-refractivity contribution in [1.29, 1.82) is 0 Å². The Morgan fingerprint density at radius 3 is 2.76 bits per heavy atom. The van der Waals surface area contributed by atoms with Crippen molar-refractivity contribution >= 4 is 16.8 Å². The highest BCUT2D eigenvalue weighted by molar-refractivity contribution is 5.83. The number of carbonyl (C=O) groups excluding carboxylic acids is 1. The second-order valence-corrected chi connectivity index (χ2v) is 6.38. The van der Waals surface area contributed by atoms with Gasteiger partial charge in [-0.1, -0.05) is 25.1 Å². The molecule has 1 saturated heterocycles. The highest BCUT2D eigenvalue weighted by atomic mass is 16.2. The molecule has 0 bridgehead atoms. The molecule has 3 nitrogen and oxygen atoms in total. The normalized spacial score (nSPS) is 18.1. The number of aromatic nitrogens is 1. The second-order valence-electron chi connectivity index (χ2n) is 6.38. The van der Waals surface area contributed by atoms with Crippen LogP contribution in [0.4, 0.5) is 0 Å². The van der Waals surface area contributed by atoms with Gasteiger partial charge in [0.25, 0.3) is 0 Å². The van der Waals surface area contributed by atoms with Crippen LogP contribution in [0, 0.1) is 5.92 Å². The van der Waals surface area contributed by atoms with Crippen LogP contribution in [0.5, 0.6) is 0 Å². The number of aromatic amines is 1. The summed E-state index contributed by atoms with van der Waals surface area (Å²) < 4.78 is 0. The Morgan fingerprint density at radius 2 is 2.05 bits per heavy atom. The quantitative estimate of drug-likeness (QED) is 0.911. The SMILES string of the molecule is CC(=O)N1CCC(CC(C)c2c[nH]c3ccccc23)CC1. The third kappa shape index (κ3) is 2.97. The third-order valence-corrected chi connectivity index (χ3v) is 4.90. The summed E-state index contributed by atoms with van der Waals surface area (Å²) in [7, 11) is 0. The molecular weight excluding hydrogens is 260 g/mol. The van der Waals surface area contributed by atoms with Crippen molar-refractivity contribution in [2.24, 2.45) is 5.92 Å². The van der Waals surface area contributed by atoms with Crippen molar-refractivity contribution in [2.75, 3.05) is 13.1 Å². The van der Waals surface area contributed by atoms with E-state index in [2.05, 4.69) is 42.4 Å². The number of rotatable bonds is 3. The fraction of sp³-hybridized carbons (Fsp3) is 0.500. The molecule has 0 spiro atoms. The van der Waals surface area contributed by atoms with E-state index in [1.165, 1.54) is 22.9 Å². The average Bonchev–Trinajstić information content (AvgIpc) is 2.92. The van der Waals surface area contributed by atoms with Gasteiger partial charge in [-0.05, 0) is 42.7 Å². The summed E-state index contributed by atoms with van der Waals surface area (Å²) in [6.45, 7) is 5.86. The highest BCUT2D eigenvalue weighted by Gasteiger charge is 2.23. The molecule has 1 fully saturated rings. The maximum atomic E-state index is 11.4. The van der Waals surface area contributed by atoms with Crippen LogP contribution in [0.3, 0.4) is 0 Å². The molecule has 0 aliphatic carbocycles. The van der Waals surface area contributed by atoms with Gasteiger partial charge in [0, 0.05) is 37.1 Å². The van der Waals surface area contributed by atoms with Crippen LogP contribution in [-0.4, -0.2) is 28.9 Å². The number of fused-ring (bicyclic) bond motifs is 1. The average molecular weight is 284 g/mol. The summed E-state index contributed by atoms with van der Waals surface area (Å²) in [6.07, 6.45) is 5.67. The van der Waals surface area contributed by atoms with Gasteiger partial charge in [-0.25, -0.2) is 0 Å². The van der Waals surface area contributed by atoms with Gasteiger partial charge >= 0.3 is 0 Å². The molecule has 1 unspecified atom stereocenters. The number of piperidine rings is 1. The van der Waals surface area contributed by atoms with E-state index >= 15 is 0 Å². The van der Waals surface area contributed by atoms with E-state index in [-0.39, 0.29) is 5.91 Å². The number of benzene rings is 1. The Labute approximate surface area is 126 Å². The van der Waals surface area contributed by atoms with Gasteiger partial charge in [-0.15, -0.1) is 0 Å². The Kier molecular flexibility index (Phi) is 4.00. The molecule has 1 aromatic carbocycles. The van der Waals surface area contributed by atoms with Gasteiger partial charge in [-0.3, -0.25) is 4.79 Å². The molecule has 1 atom stereocenters. The van der Waals surface area contributed by atoms with Crippen LogP contribution in [0.2, 0.25) is 0 Å². The molecule has 0 radical (unpaired) electrons. The van der Waals surface area contributed by atoms with Crippen LogP contribution in [0.1, 0.15) is 44.6 Å². The predicted octanol–water partition coefficient (Wildman–Crippen LogP) is 3.92. The van der Waals surface area contributed by atoms with Crippen molar-refractivity contribution in [3.8, 4) is 0 Å². The fourth-order valence-electron chi connectivity index (χ4n) is 3.61. The molecule has 21 heavy (non-hydrogen) atoms. The van der Waals surface area contributed by atoms with Crippen LogP contribution in [0.15, 0.2) is 30.5 Å². The van der Waals surface area contributed by atoms with Gasteiger partial charge in [0.05, 0.1) is 0 Å². The maximum Gasteiger partial charge on any atom is 0.219 e. The summed E-state index contributed by atoms with van der Waals surface area (Å²) in [6, 6.07) is 8.52. The maximum absolute atomic E-state index is 11.4. The number of likely N-dealkylation sites (tertiary alicyclic amines) is 1. The molecule has 1 N–H and O–H groups in total. The number of hydrogen-bond acceptors (Lipinski definition) is 1. The first kappa shape index (κ1) is 14.2. The van der Waals surface area contributed by atoms with Crippen LogP contribution >= 0.6 is 0 Å². The Bertz CT molecular complexity index is 623. The lowest BCUT2D eigenvalue weighted by Crippen LogP contribution is -2.37. The minimum atomic E-state index is 0.220. The van der Waals surface area contributed by atoms with Crippen molar-refractivity contribution in [2.45, 2.75) is 39.0 Å². The first-order chi connectivity index (χ1) is 10.1. The number of H-pyrrole nitrogens is 1. The molecule has 3 rings (SSSR count). The van der Waals surface area contributed by atoms with Crippen LogP contribution in [-0.2, 0) is 4.79 Å². The van der Waals surface area contributed by atoms with Gasteiger partial charge < -0.3 is 9.88 Å². The van der Waals surface area contributed by atoms with Gasteiger partial charge in [0.2, 0.25) is 5.91 Å². The first-order valence-corrected chi connectivity index (χ1v) is 7.96. The second kappa shape index (κ2) is 5.92. The molecule has 2 aromatic rings. The largest absolute Gasteiger partial charge is 0.361 e. The first-order valence-electron chi connectivity index (χ1n) is 7.96. The van der Waals surface area contributed by atoms with Crippen molar-refractivity contribution < 1.29 is 4.79 Å². The minimum Gasteiger partial charge on any atom is -0.361 e. The summed E-state index contributed by atoms with van der Waals surface area (Å²) in [4.78, 5) is 16.7. The number of amides is 1. The monoisotopic (exact) mass is 284 g/mol. The van der Waals surface area contributed by atoms with Crippen LogP contribution < -0.4 is 0 Å². The standard InChI is InChI=1S/C18H24N2O/c1-13(11-15-7-9-20(10-8-15)14(2)21)17-12-19-18-6-4-3-5-16(17)18/h3-6,12-13,15,19H,7-11H2,1-2H3. The highest BCUT2D eigenvalue weighted by Crippen LogP contribution is 2.33. The number of para-hydroxylation sites is 1. The van der Waals surface area contributed by atoms with Crippen LogP contribution in [0.25, 0.3) is 10.9 Å². The molecule has 0 saturated carbocycles. The summed E-state index contributed by atoms with van der Waals surface area (Å²) in [5, 5.41) is 1.35. The van der Waals surface area contributed by atoms with Gasteiger partial charge in [-0.2, -0.15) is 0 Å². The van der Waals surface area contributed by atoms with E-state index < -0.39 is 0 Å². The third-order valence-electron chi connectivity index (χ3n) is 4.90. The van der Waals surface area contributed by atoms with E-state index in [9.17, 15) is 4.79 Å². The van der Waals surface area contributed by atoms with E-state index in [1.54, 1.807) is 6.92 Å². The molecule has 1 amide bonds. The van der Waals surface area contributed by atoms with Crippen molar-refractivity contribution in [3.05, 3.63) is 36.0 Å². The molecule has 112 valence electrons. The lowest BCUT2D eigenvalue weighted by molar-refractivity contribution is -0.130. The summed E-state index contributed by atoms with van der Waals surface area (Å²) in [5.41, 5.74) is 2.66. The lowest BCUT2D eigenvalue weighted by Gasteiger charge is -2.32. The number of carbonyl (C=O) groups is 1. The summed E-state index contributed by atoms with van der Waals surface area (Å²) in [5.74, 6) is 1.53. The van der Waals surface area contributed by atoms with Gasteiger partial charge in [0.15, 0.2) is 0 Å². The smallest absolute Gasteiger partial charge is 0.219 e. The predicted molar refractivity (Wildman–Crippen MR) is 86.3 cm³/mol. The number of hydrogen-bond donors (Lipinski definition) is 1. The Balaban J connectivity index is 1.64. The number of nitrogens with one attached hydrogen (secondary N) is 1. The topological polar surface area (TPSA) is 36.1 Å². The summed E-state index contributed by atoms with van der Waals surface area (Å²) >= 11 is 0. The molecule has 1 aliphatic heterocycles. The zero-order valence-corrected chi connectivity index (χ0v) is 12.9. The van der Waals surface area contributed by atoms with E-state index in [0.717, 1.165) is 31.8 Å². The van der Waals surface area contributed by atoms with E-state index in [4.69, 9.17) is 0 Å². The van der Waals surface area contributed by atoms with Crippen molar-refractivity contribution in [1.82, 2.24) is 9.88 Å². The zero-order chi connectivity index (χ0) is 14.8. The minimum absolute atomic E-state index is 0.220. The zero-order valence-electron chi connectivity index (χ0n) is 12.9. The molecule has 3 heteroatoms. The molecular formula is C18H24N2O. The van der Waals surface area contributed by atoms with Crippen molar-refractivity contribution in [3.63, 3.8) is 0 Å². The Morgan fingerprint density at radius 1 is 1.33 bits per heavy atom. The molecule has 1 aromatic heterocycles. The number of nitrogens with zero attached hydrogens (tertiary/aromatic N) is 1. The van der Waals surface area contributed by atoms with E-state index in [0.29, 0.717) is 5.92 Å². The van der Waals surface area contributed by atoms with Gasteiger partial charge in [0.1, 0.15) is 0 Å². The Hall–Kier alpha value is -1.77. The van der Waals surface area contributed by atoms with E-state index in [1.807, 2.05) is 4.90 Å². The lowest BCUT2D eigenvalue weighted by atomic mass is 9.85. The molecule has 1 aliphatic rings. The fourth-order valence-corrected chi connectivity index (χ4v) is 3.61.